The fourth-order valence-corrected chi connectivity index (χ4v) is 4.89. The third-order valence-electron chi connectivity index (χ3n) is 7.12. The largest absolute Gasteiger partial charge is 0.488 e. The number of fused-ring (bicyclic) bond motifs is 2. The highest BCUT2D eigenvalue weighted by atomic mass is 16.5. The highest BCUT2D eigenvalue weighted by molar-refractivity contribution is 5.97. The standard InChI is InChI=1S/C28H28N2O5/c1-17-23-14-20(26(31)32)15-24(25(23)30-29-17)35-21-10-12-28(2,13-11-21)27(33)34-16-19-8-5-7-18-6-3-4-9-22(18)19/h3-9,14-15,21H,10-13,16H2,1-2H3,(H,29,30)(H,31,32). The molecule has 5 rings (SSSR count). The Morgan fingerprint density at radius 2 is 1.83 bits per heavy atom. The second-order valence-corrected chi connectivity index (χ2v) is 9.62. The zero-order chi connectivity index (χ0) is 24.6. The molecule has 0 spiro atoms. The lowest BCUT2D eigenvalue weighted by molar-refractivity contribution is -0.159. The Hall–Kier alpha value is -3.87. The topological polar surface area (TPSA) is 102 Å². The van der Waals surface area contributed by atoms with Crippen LogP contribution >= 0.6 is 0 Å². The summed E-state index contributed by atoms with van der Waals surface area (Å²) in [7, 11) is 0. The van der Waals surface area contributed by atoms with Crippen molar-refractivity contribution in [3.05, 3.63) is 71.4 Å². The molecular formula is C28H28N2O5. The van der Waals surface area contributed by atoms with E-state index in [4.69, 9.17) is 9.47 Å². The molecule has 1 heterocycles. The van der Waals surface area contributed by atoms with E-state index >= 15 is 0 Å². The molecule has 1 aromatic heterocycles. The minimum atomic E-state index is -1.01. The van der Waals surface area contributed by atoms with E-state index in [1.54, 1.807) is 6.07 Å². The molecule has 1 saturated carbocycles. The summed E-state index contributed by atoms with van der Waals surface area (Å²) >= 11 is 0. The zero-order valence-corrected chi connectivity index (χ0v) is 19.8. The highest BCUT2D eigenvalue weighted by Crippen LogP contribution is 2.40. The first kappa shape index (κ1) is 22.9. The van der Waals surface area contributed by atoms with Crippen LogP contribution in [0.4, 0.5) is 0 Å². The van der Waals surface area contributed by atoms with Gasteiger partial charge in [0.2, 0.25) is 0 Å². The number of H-pyrrole nitrogens is 1. The van der Waals surface area contributed by atoms with E-state index in [2.05, 4.69) is 10.2 Å². The van der Waals surface area contributed by atoms with Gasteiger partial charge in [0.1, 0.15) is 17.9 Å². The maximum absolute atomic E-state index is 13.0. The lowest BCUT2D eigenvalue weighted by Crippen LogP contribution is -2.37. The van der Waals surface area contributed by atoms with Crippen LogP contribution < -0.4 is 4.74 Å². The summed E-state index contributed by atoms with van der Waals surface area (Å²) in [6.45, 7) is 4.05. The predicted molar refractivity (Wildman–Crippen MR) is 133 cm³/mol. The average molecular weight is 473 g/mol. The van der Waals surface area contributed by atoms with E-state index in [-0.39, 0.29) is 24.2 Å². The van der Waals surface area contributed by atoms with Crippen LogP contribution in [0.5, 0.6) is 5.75 Å². The second-order valence-electron chi connectivity index (χ2n) is 9.62. The molecule has 0 aliphatic heterocycles. The number of hydrogen-bond acceptors (Lipinski definition) is 5. The Labute approximate surface area is 203 Å². The number of carboxylic acid groups (broad SMARTS) is 1. The number of carbonyl (C=O) groups is 2. The number of carboxylic acids is 1. The zero-order valence-electron chi connectivity index (χ0n) is 19.8. The van der Waals surface area contributed by atoms with Crippen molar-refractivity contribution in [1.82, 2.24) is 10.2 Å². The molecule has 7 heteroatoms. The predicted octanol–water partition coefficient (Wildman–Crippen LogP) is 5.79. The molecule has 3 aromatic carbocycles. The minimum absolute atomic E-state index is 0.127. The van der Waals surface area contributed by atoms with Crippen molar-refractivity contribution in [1.29, 1.82) is 0 Å². The van der Waals surface area contributed by atoms with E-state index < -0.39 is 11.4 Å². The molecule has 0 unspecified atom stereocenters. The van der Waals surface area contributed by atoms with E-state index in [0.717, 1.165) is 27.4 Å². The van der Waals surface area contributed by atoms with Gasteiger partial charge in [0, 0.05) is 11.1 Å². The monoisotopic (exact) mass is 472 g/mol. The normalized spacial score (nSPS) is 20.1. The van der Waals surface area contributed by atoms with Gasteiger partial charge in [-0.2, -0.15) is 5.10 Å². The summed E-state index contributed by atoms with van der Waals surface area (Å²) in [6, 6.07) is 17.2. The van der Waals surface area contributed by atoms with Gasteiger partial charge in [0.15, 0.2) is 0 Å². The Bertz CT molecular complexity index is 1410. The van der Waals surface area contributed by atoms with Gasteiger partial charge in [-0.25, -0.2) is 4.79 Å². The number of nitrogens with one attached hydrogen (secondary N) is 1. The molecule has 4 aromatic rings. The quantitative estimate of drug-likeness (QED) is 0.344. The molecular weight excluding hydrogens is 444 g/mol. The smallest absolute Gasteiger partial charge is 0.335 e. The van der Waals surface area contributed by atoms with Crippen molar-refractivity contribution >= 4 is 33.6 Å². The van der Waals surface area contributed by atoms with E-state index in [1.807, 2.05) is 56.3 Å². The number of aromatic carboxylic acids is 1. The fourth-order valence-electron chi connectivity index (χ4n) is 4.89. The molecule has 0 saturated heterocycles. The molecule has 1 aliphatic rings. The third kappa shape index (κ3) is 4.46. The van der Waals surface area contributed by atoms with Crippen LogP contribution in [0.2, 0.25) is 0 Å². The molecule has 0 radical (unpaired) electrons. The van der Waals surface area contributed by atoms with Crippen LogP contribution in [-0.2, 0) is 16.1 Å². The van der Waals surface area contributed by atoms with Gasteiger partial charge in [-0.3, -0.25) is 9.89 Å². The van der Waals surface area contributed by atoms with Gasteiger partial charge in [-0.1, -0.05) is 42.5 Å². The number of benzene rings is 3. The molecule has 0 amide bonds. The van der Waals surface area contributed by atoms with Crippen molar-refractivity contribution in [3.63, 3.8) is 0 Å². The van der Waals surface area contributed by atoms with Crippen molar-refractivity contribution in [3.8, 4) is 5.75 Å². The molecule has 1 fully saturated rings. The Morgan fingerprint density at radius 1 is 1.09 bits per heavy atom. The van der Waals surface area contributed by atoms with Gasteiger partial charge in [-0.15, -0.1) is 0 Å². The summed E-state index contributed by atoms with van der Waals surface area (Å²) in [4.78, 5) is 24.6. The van der Waals surface area contributed by atoms with Crippen molar-refractivity contribution in [2.75, 3.05) is 0 Å². The summed E-state index contributed by atoms with van der Waals surface area (Å²) in [5, 5.41) is 19.6. The van der Waals surface area contributed by atoms with Gasteiger partial charge in [-0.05, 0) is 68.0 Å². The van der Waals surface area contributed by atoms with E-state index in [9.17, 15) is 14.7 Å². The van der Waals surface area contributed by atoms with Crippen LogP contribution in [0.1, 0.15) is 54.2 Å². The first-order valence-electron chi connectivity index (χ1n) is 11.9. The van der Waals surface area contributed by atoms with Crippen LogP contribution in [0, 0.1) is 12.3 Å². The summed E-state index contributed by atoms with van der Waals surface area (Å²) in [6.07, 6.45) is 2.48. The lowest BCUT2D eigenvalue weighted by atomic mass is 9.74. The van der Waals surface area contributed by atoms with Crippen molar-refractivity contribution in [2.45, 2.75) is 52.2 Å². The maximum Gasteiger partial charge on any atom is 0.335 e. The summed E-state index contributed by atoms with van der Waals surface area (Å²) in [5.41, 5.74) is 1.99. The van der Waals surface area contributed by atoms with Crippen LogP contribution in [-0.4, -0.2) is 33.3 Å². The summed E-state index contributed by atoms with van der Waals surface area (Å²) in [5.74, 6) is -0.749. The fraction of sp³-hybridized carbons (Fsp3) is 0.321. The molecule has 0 atom stereocenters. The number of aromatic amines is 1. The van der Waals surface area contributed by atoms with Gasteiger partial charge < -0.3 is 14.6 Å². The van der Waals surface area contributed by atoms with Gasteiger partial charge in [0.25, 0.3) is 0 Å². The number of esters is 1. The number of ether oxygens (including phenoxy) is 2. The maximum atomic E-state index is 13.0. The number of hydrogen-bond donors (Lipinski definition) is 2. The van der Waals surface area contributed by atoms with E-state index in [0.29, 0.717) is 36.9 Å². The number of nitrogens with zero attached hydrogens (tertiary/aromatic N) is 1. The Kier molecular flexibility index (Phi) is 5.93. The SMILES string of the molecule is Cc1[nH]nc2c(OC3CCC(C)(C(=O)OCc4cccc5ccccc45)CC3)cc(C(=O)O)cc12. The number of rotatable bonds is 6. The Balaban J connectivity index is 1.24. The minimum Gasteiger partial charge on any atom is -0.488 e. The second kappa shape index (κ2) is 9.06. The number of aryl methyl sites for hydroxylation is 1. The molecule has 180 valence electrons. The van der Waals surface area contributed by atoms with Gasteiger partial charge in [0.05, 0.1) is 17.1 Å². The first-order chi connectivity index (χ1) is 16.8. The lowest BCUT2D eigenvalue weighted by Gasteiger charge is -2.35. The summed E-state index contributed by atoms with van der Waals surface area (Å²) < 4.78 is 12.0. The molecule has 1 aliphatic carbocycles. The molecule has 2 N–H and O–H groups in total. The number of carbonyl (C=O) groups excluding carboxylic acids is 1. The van der Waals surface area contributed by atoms with Crippen molar-refractivity contribution < 1.29 is 24.2 Å². The Morgan fingerprint density at radius 3 is 2.60 bits per heavy atom. The first-order valence-corrected chi connectivity index (χ1v) is 11.9. The van der Waals surface area contributed by atoms with Crippen molar-refractivity contribution in [2.24, 2.45) is 5.41 Å². The average Bonchev–Trinajstić information content (AvgIpc) is 3.24. The number of aromatic nitrogens is 2. The van der Waals surface area contributed by atoms with Crippen LogP contribution in [0.15, 0.2) is 54.6 Å². The molecule has 7 nitrogen and oxygen atoms in total. The molecule has 35 heavy (non-hydrogen) atoms. The third-order valence-corrected chi connectivity index (χ3v) is 7.12. The van der Waals surface area contributed by atoms with E-state index in [1.165, 1.54) is 6.07 Å². The van der Waals surface area contributed by atoms with Crippen LogP contribution in [0.25, 0.3) is 21.7 Å². The van der Waals surface area contributed by atoms with Crippen LogP contribution in [0.3, 0.4) is 0 Å². The molecule has 0 bridgehead atoms. The van der Waals surface area contributed by atoms with Gasteiger partial charge >= 0.3 is 11.9 Å². The highest BCUT2D eigenvalue weighted by Gasteiger charge is 2.39.